The van der Waals surface area contributed by atoms with E-state index in [-0.39, 0.29) is 5.91 Å². The molecule has 0 radical (unpaired) electrons. The second-order valence-corrected chi connectivity index (χ2v) is 3.76. The van der Waals surface area contributed by atoms with Gasteiger partial charge in [0, 0.05) is 18.2 Å². The van der Waals surface area contributed by atoms with Crippen LogP contribution in [0.3, 0.4) is 0 Å². The summed E-state index contributed by atoms with van der Waals surface area (Å²) in [5.41, 5.74) is 1.90. The summed E-state index contributed by atoms with van der Waals surface area (Å²) in [6.07, 6.45) is 0.800. The van der Waals surface area contributed by atoms with Gasteiger partial charge < -0.3 is 10.1 Å². The summed E-state index contributed by atoms with van der Waals surface area (Å²) in [5.74, 6) is 0.632. The highest BCUT2D eigenvalue weighted by molar-refractivity contribution is 5.94. The third kappa shape index (κ3) is 2.14. The Kier molecular flexibility index (Phi) is 2.78. The quantitative estimate of drug-likeness (QED) is 0.820. The smallest absolute Gasteiger partial charge is 0.224 e. The number of amides is 1. The Morgan fingerprint density at radius 1 is 1.50 bits per heavy atom. The van der Waals surface area contributed by atoms with E-state index in [1.165, 1.54) is 0 Å². The van der Waals surface area contributed by atoms with Crippen molar-refractivity contribution in [2.75, 3.05) is 5.32 Å². The van der Waals surface area contributed by atoms with Crippen LogP contribution in [0.5, 0.6) is 5.75 Å². The fourth-order valence-corrected chi connectivity index (χ4v) is 1.65. The van der Waals surface area contributed by atoms with Gasteiger partial charge in [-0.1, -0.05) is 6.07 Å². The molecule has 1 amide bonds. The number of anilines is 1. The molecule has 1 N–H and O–H groups in total. The Labute approximate surface area is 93.8 Å². The second kappa shape index (κ2) is 4.23. The summed E-state index contributed by atoms with van der Waals surface area (Å²) < 4.78 is 5.35. The molecule has 0 aromatic heterocycles. The largest absolute Gasteiger partial charge is 0.476 e. The first kappa shape index (κ1) is 10.5. The summed E-state index contributed by atoms with van der Waals surface area (Å²) >= 11 is 0. The van der Waals surface area contributed by atoms with Gasteiger partial charge in [-0.25, -0.2) is 0 Å². The fraction of sp³-hybridized carbons (Fsp3) is 0.333. The lowest BCUT2D eigenvalue weighted by atomic mass is 10.0. The molecule has 1 heterocycles. The van der Waals surface area contributed by atoms with Crippen LogP contribution in [0, 0.1) is 11.3 Å². The molecule has 4 nitrogen and oxygen atoms in total. The monoisotopic (exact) mass is 216 g/mol. The second-order valence-electron chi connectivity index (χ2n) is 3.76. The Morgan fingerprint density at radius 2 is 2.31 bits per heavy atom. The molecule has 0 fully saturated rings. The van der Waals surface area contributed by atoms with E-state index < -0.39 is 6.10 Å². The van der Waals surface area contributed by atoms with Gasteiger partial charge in [0.15, 0.2) is 6.10 Å². The molecule has 0 spiro atoms. The molecule has 82 valence electrons. The fourth-order valence-electron chi connectivity index (χ4n) is 1.65. The van der Waals surface area contributed by atoms with E-state index >= 15 is 0 Å². The van der Waals surface area contributed by atoms with Gasteiger partial charge in [-0.15, -0.1) is 0 Å². The van der Waals surface area contributed by atoms with Crippen LogP contribution >= 0.6 is 0 Å². The number of fused-ring (bicyclic) bond motifs is 1. The maximum atomic E-state index is 11.2. The van der Waals surface area contributed by atoms with E-state index in [4.69, 9.17) is 10.00 Å². The molecule has 4 heteroatoms. The number of nitrogens with one attached hydrogen (secondary N) is 1. The topological polar surface area (TPSA) is 62.1 Å². The van der Waals surface area contributed by atoms with Gasteiger partial charge in [0.05, 0.1) is 0 Å². The molecule has 1 unspecified atom stereocenters. The molecule has 1 aliphatic rings. The number of ether oxygens (including phenoxy) is 1. The highest BCUT2D eigenvalue weighted by Crippen LogP contribution is 2.27. The molecule has 2 rings (SSSR count). The zero-order valence-electron chi connectivity index (χ0n) is 8.99. The predicted octanol–water partition coefficient (Wildman–Crippen LogP) is 1.86. The zero-order valence-corrected chi connectivity index (χ0v) is 8.99. The molecule has 1 aromatic carbocycles. The summed E-state index contributed by atoms with van der Waals surface area (Å²) in [6.45, 7) is 1.68. The highest BCUT2D eigenvalue weighted by Gasteiger charge is 2.15. The van der Waals surface area contributed by atoms with Gasteiger partial charge in [-0.3, -0.25) is 4.79 Å². The van der Waals surface area contributed by atoms with Crippen molar-refractivity contribution in [3.8, 4) is 11.8 Å². The van der Waals surface area contributed by atoms with Crippen molar-refractivity contribution in [3.63, 3.8) is 0 Å². The number of rotatable bonds is 2. The predicted molar refractivity (Wildman–Crippen MR) is 59.1 cm³/mol. The molecule has 16 heavy (non-hydrogen) atoms. The molecule has 1 atom stereocenters. The lowest BCUT2D eigenvalue weighted by Crippen LogP contribution is -2.19. The Bertz CT molecular complexity index is 463. The Morgan fingerprint density at radius 3 is 3.06 bits per heavy atom. The van der Waals surface area contributed by atoms with Crippen LogP contribution in [0.25, 0.3) is 0 Å². The lowest BCUT2D eigenvalue weighted by Gasteiger charge is -2.18. The standard InChI is InChI=1S/C12H12N2O2/c1-8(7-13)16-10-4-2-9-3-5-12(15)14-11(9)6-10/h2,4,6,8H,3,5H2,1H3,(H,14,15). The third-order valence-corrected chi connectivity index (χ3v) is 2.47. The van der Waals surface area contributed by atoms with Crippen LogP contribution in [0.4, 0.5) is 5.69 Å². The minimum Gasteiger partial charge on any atom is -0.476 e. The number of carbonyl (C=O) groups is 1. The molecule has 0 bridgehead atoms. The number of benzene rings is 1. The van der Waals surface area contributed by atoms with Crippen LogP contribution < -0.4 is 10.1 Å². The van der Waals surface area contributed by atoms with E-state index in [1.54, 1.807) is 13.0 Å². The van der Waals surface area contributed by atoms with Crippen molar-refractivity contribution in [1.29, 1.82) is 5.26 Å². The van der Waals surface area contributed by atoms with Crippen LogP contribution in [-0.4, -0.2) is 12.0 Å². The minimum absolute atomic E-state index is 0.0259. The number of hydrogen-bond donors (Lipinski definition) is 1. The van der Waals surface area contributed by atoms with Crippen molar-refractivity contribution < 1.29 is 9.53 Å². The average Bonchev–Trinajstić information content (AvgIpc) is 2.28. The van der Waals surface area contributed by atoms with Gasteiger partial charge in [-0.2, -0.15) is 5.26 Å². The number of hydrogen-bond acceptors (Lipinski definition) is 3. The molecule has 0 saturated carbocycles. The van der Waals surface area contributed by atoms with Crippen molar-refractivity contribution in [2.24, 2.45) is 0 Å². The lowest BCUT2D eigenvalue weighted by molar-refractivity contribution is -0.116. The van der Waals surface area contributed by atoms with Gasteiger partial charge in [0.1, 0.15) is 11.8 Å². The summed E-state index contributed by atoms with van der Waals surface area (Å²) in [5, 5.41) is 11.4. The van der Waals surface area contributed by atoms with Crippen LogP contribution in [0.1, 0.15) is 18.9 Å². The van der Waals surface area contributed by atoms with Crippen LogP contribution in [-0.2, 0) is 11.2 Å². The van der Waals surface area contributed by atoms with Crippen molar-refractivity contribution in [3.05, 3.63) is 23.8 Å². The van der Waals surface area contributed by atoms with Gasteiger partial charge in [0.25, 0.3) is 0 Å². The third-order valence-electron chi connectivity index (χ3n) is 2.47. The van der Waals surface area contributed by atoms with E-state index in [0.29, 0.717) is 12.2 Å². The minimum atomic E-state index is -0.489. The van der Waals surface area contributed by atoms with E-state index in [2.05, 4.69) is 5.32 Å². The van der Waals surface area contributed by atoms with E-state index in [1.807, 2.05) is 18.2 Å². The average molecular weight is 216 g/mol. The van der Waals surface area contributed by atoms with Crippen LogP contribution in [0.15, 0.2) is 18.2 Å². The molecular weight excluding hydrogens is 204 g/mol. The van der Waals surface area contributed by atoms with E-state index in [9.17, 15) is 4.79 Å². The Balaban J connectivity index is 2.22. The molecule has 1 aromatic rings. The summed E-state index contributed by atoms with van der Waals surface area (Å²) in [6, 6.07) is 7.51. The number of nitriles is 1. The summed E-state index contributed by atoms with van der Waals surface area (Å²) in [4.78, 5) is 11.2. The maximum Gasteiger partial charge on any atom is 0.224 e. The summed E-state index contributed by atoms with van der Waals surface area (Å²) in [7, 11) is 0. The Hall–Kier alpha value is -2.02. The first-order valence-corrected chi connectivity index (χ1v) is 5.18. The van der Waals surface area contributed by atoms with Gasteiger partial charge >= 0.3 is 0 Å². The molecular formula is C12H12N2O2. The number of carbonyl (C=O) groups excluding carboxylic acids is 1. The zero-order chi connectivity index (χ0) is 11.5. The van der Waals surface area contributed by atoms with Gasteiger partial charge in [-0.05, 0) is 25.0 Å². The molecule has 1 aliphatic heterocycles. The maximum absolute atomic E-state index is 11.2. The molecule has 0 saturated heterocycles. The first-order chi connectivity index (χ1) is 7.69. The van der Waals surface area contributed by atoms with Crippen LogP contribution in [0.2, 0.25) is 0 Å². The molecule has 0 aliphatic carbocycles. The number of nitrogens with zero attached hydrogens (tertiary/aromatic N) is 1. The van der Waals surface area contributed by atoms with Gasteiger partial charge in [0.2, 0.25) is 5.91 Å². The van der Waals surface area contributed by atoms with Crippen molar-refractivity contribution >= 4 is 11.6 Å². The van der Waals surface area contributed by atoms with E-state index in [0.717, 1.165) is 17.7 Å². The highest BCUT2D eigenvalue weighted by atomic mass is 16.5. The first-order valence-electron chi connectivity index (χ1n) is 5.18. The SMILES string of the molecule is CC(C#N)Oc1ccc2c(c1)NC(=O)CC2. The van der Waals surface area contributed by atoms with Crippen molar-refractivity contribution in [1.82, 2.24) is 0 Å². The number of aryl methyl sites for hydroxylation is 1. The normalized spacial score (nSPS) is 15.6. The van der Waals surface area contributed by atoms with Crippen molar-refractivity contribution in [2.45, 2.75) is 25.9 Å².